The van der Waals surface area contributed by atoms with Gasteiger partial charge < -0.3 is 14.2 Å². The lowest BCUT2D eigenvalue weighted by Gasteiger charge is -2.14. The molecule has 0 aliphatic heterocycles. The highest BCUT2D eigenvalue weighted by atomic mass is 35.5. The number of carbonyl (C=O) groups is 1. The molecule has 0 aliphatic rings. The van der Waals surface area contributed by atoms with E-state index in [1.54, 1.807) is 36.2 Å². The third kappa shape index (κ3) is 5.56. The van der Waals surface area contributed by atoms with E-state index in [9.17, 15) is 4.79 Å². The lowest BCUT2D eigenvalue weighted by Crippen LogP contribution is -2.26. The molecule has 0 radical (unpaired) electrons. The molecule has 3 aromatic rings. The van der Waals surface area contributed by atoms with Crippen molar-refractivity contribution < 1.29 is 14.1 Å². The molecule has 0 atom stereocenters. The number of hydrogen-bond donors (Lipinski definition) is 0. The predicted molar refractivity (Wildman–Crippen MR) is 102 cm³/mol. The molecule has 6 nitrogen and oxygen atoms in total. The van der Waals surface area contributed by atoms with Crippen molar-refractivity contribution in [1.29, 1.82) is 0 Å². The Hall–Kier alpha value is -2.86. The van der Waals surface area contributed by atoms with E-state index in [4.69, 9.17) is 20.9 Å². The summed E-state index contributed by atoms with van der Waals surface area (Å²) in [6, 6.07) is 16.7. The van der Waals surface area contributed by atoms with Crippen LogP contribution in [0.1, 0.15) is 18.7 Å². The summed E-state index contributed by atoms with van der Waals surface area (Å²) >= 11 is 5.83. The smallest absolute Gasteiger partial charge is 0.246 e. The summed E-state index contributed by atoms with van der Waals surface area (Å²) in [4.78, 5) is 18.2. The molecular weight excluding hydrogens is 366 g/mol. The van der Waals surface area contributed by atoms with E-state index in [0.29, 0.717) is 36.2 Å². The van der Waals surface area contributed by atoms with Crippen molar-refractivity contribution in [3.05, 3.63) is 65.5 Å². The third-order valence-corrected chi connectivity index (χ3v) is 4.17. The van der Waals surface area contributed by atoms with Gasteiger partial charge in [0.15, 0.2) is 0 Å². The second kappa shape index (κ2) is 9.19. The standard InChI is InChI=1S/C20H20ClN3O3/c1-24(14-18-22-20(23-27-18)15-6-3-2-4-7-15)19(25)8-5-13-26-17-11-9-16(21)10-12-17/h2-4,6-7,9-12H,5,8,13-14H2,1H3. The van der Waals surface area contributed by atoms with Crippen molar-refractivity contribution in [2.75, 3.05) is 13.7 Å². The number of hydrogen-bond acceptors (Lipinski definition) is 5. The first kappa shape index (κ1) is 18.9. The Balaban J connectivity index is 1.42. The van der Waals surface area contributed by atoms with Gasteiger partial charge in [0, 0.05) is 24.1 Å². The minimum absolute atomic E-state index is 0.00540. The Bertz CT molecular complexity index is 866. The van der Waals surface area contributed by atoms with Crippen LogP contribution in [0.4, 0.5) is 0 Å². The van der Waals surface area contributed by atoms with Crippen molar-refractivity contribution in [1.82, 2.24) is 15.0 Å². The van der Waals surface area contributed by atoms with Crippen LogP contribution in [0.2, 0.25) is 5.02 Å². The van der Waals surface area contributed by atoms with Crippen molar-refractivity contribution in [3.8, 4) is 17.1 Å². The number of nitrogens with zero attached hydrogens (tertiary/aromatic N) is 3. The molecule has 2 aromatic carbocycles. The number of halogens is 1. The minimum Gasteiger partial charge on any atom is -0.494 e. The molecule has 3 rings (SSSR count). The van der Waals surface area contributed by atoms with E-state index in [2.05, 4.69) is 10.1 Å². The first-order valence-electron chi connectivity index (χ1n) is 8.62. The van der Waals surface area contributed by atoms with Gasteiger partial charge in [0.1, 0.15) is 5.75 Å². The van der Waals surface area contributed by atoms with Gasteiger partial charge in [-0.3, -0.25) is 4.79 Å². The summed E-state index contributed by atoms with van der Waals surface area (Å²) in [5.74, 6) is 1.65. The zero-order valence-corrected chi connectivity index (χ0v) is 15.7. The fraction of sp³-hybridized carbons (Fsp3) is 0.250. The molecule has 0 saturated heterocycles. The molecule has 7 heteroatoms. The van der Waals surface area contributed by atoms with E-state index < -0.39 is 0 Å². The molecule has 1 amide bonds. The highest BCUT2D eigenvalue weighted by Gasteiger charge is 2.14. The quantitative estimate of drug-likeness (QED) is 0.543. The van der Waals surface area contributed by atoms with E-state index in [-0.39, 0.29) is 12.5 Å². The molecule has 27 heavy (non-hydrogen) atoms. The van der Waals surface area contributed by atoms with Gasteiger partial charge in [-0.25, -0.2) is 0 Å². The lowest BCUT2D eigenvalue weighted by atomic mass is 10.2. The van der Waals surface area contributed by atoms with Crippen LogP contribution in [0, 0.1) is 0 Å². The maximum atomic E-state index is 12.2. The van der Waals surface area contributed by atoms with Crippen LogP contribution in [0.25, 0.3) is 11.4 Å². The minimum atomic E-state index is -0.00540. The molecule has 1 heterocycles. The van der Waals surface area contributed by atoms with Crippen LogP contribution in [-0.4, -0.2) is 34.6 Å². The van der Waals surface area contributed by atoms with Crippen LogP contribution < -0.4 is 4.74 Å². The van der Waals surface area contributed by atoms with Crippen LogP contribution in [0.3, 0.4) is 0 Å². The first-order valence-corrected chi connectivity index (χ1v) is 9.00. The predicted octanol–water partition coefficient (Wildman–Crippen LogP) is 4.21. The highest BCUT2D eigenvalue weighted by Crippen LogP contribution is 2.17. The van der Waals surface area contributed by atoms with Gasteiger partial charge in [-0.1, -0.05) is 47.1 Å². The van der Waals surface area contributed by atoms with Gasteiger partial charge in [0.2, 0.25) is 17.6 Å². The maximum absolute atomic E-state index is 12.2. The summed E-state index contributed by atoms with van der Waals surface area (Å²) in [5.41, 5.74) is 0.876. The fourth-order valence-electron chi connectivity index (χ4n) is 2.45. The second-order valence-corrected chi connectivity index (χ2v) is 6.47. The Morgan fingerprint density at radius 3 is 2.63 bits per heavy atom. The van der Waals surface area contributed by atoms with Crippen LogP contribution in [0.15, 0.2) is 59.1 Å². The SMILES string of the molecule is CN(Cc1nc(-c2ccccc2)no1)C(=O)CCCOc1ccc(Cl)cc1. The van der Waals surface area contributed by atoms with E-state index in [1.165, 1.54) is 0 Å². The molecule has 140 valence electrons. The van der Waals surface area contributed by atoms with E-state index >= 15 is 0 Å². The normalized spacial score (nSPS) is 10.6. The summed E-state index contributed by atoms with van der Waals surface area (Å²) in [5, 5.41) is 4.62. The molecule has 0 aliphatic carbocycles. The number of benzene rings is 2. The summed E-state index contributed by atoms with van der Waals surface area (Å²) in [7, 11) is 1.72. The summed E-state index contributed by atoms with van der Waals surface area (Å²) in [6.45, 7) is 0.733. The second-order valence-electron chi connectivity index (χ2n) is 6.03. The number of aromatic nitrogens is 2. The largest absolute Gasteiger partial charge is 0.494 e. The van der Waals surface area contributed by atoms with Gasteiger partial charge in [0.05, 0.1) is 13.2 Å². The van der Waals surface area contributed by atoms with Gasteiger partial charge in [-0.2, -0.15) is 4.98 Å². The molecular formula is C20H20ClN3O3. The average molecular weight is 386 g/mol. The van der Waals surface area contributed by atoms with E-state index in [0.717, 1.165) is 11.3 Å². The van der Waals surface area contributed by atoms with Crippen molar-refractivity contribution in [2.24, 2.45) is 0 Å². The molecule has 0 bridgehead atoms. The molecule has 0 fully saturated rings. The molecule has 0 saturated carbocycles. The topological polar surface area (TPSA) is 68.5 Å². The Morgan fingerprint density at radius 2 is 1.89 bits per heavy atom. The number of rotatable bonds is 8. The van der Waals surface area contributed by atoms with E-state index in [1.807, 2.05) is 30.3 Å². The van der Waals surface area contributed by atoms with Crippen molar-refractivity contribution in [3.63, 3.8) is 0 Å². The molecule has 1 aromatic heterocycles. The van der Waals surface area contributed by atoms with Crippen LogP contribution >= 0.6 is 11.6 Å². The average Bonchev–Trinajstić information content (AvgIpc) is 3.15. The van der Waals surface area contributed by atoms with Crippen LogP contribution in [-0.2, 0) is 11.3 Å². The number of amides is 1. The van der Waals surface area contributed by atoms with Gasteiger partial charge >= 0.3 is 0 Å². The van der Waals surface area contributed by atoms with Gasteiger partial charge in [0.25, 0.3) is 0 Å². The molecule has 0 N–H and O–H groups in total. The van der Waals surface area contributed by atoms with Crippen molar-refractivity contribution in [2.45, 2.75) is 19.4 Å². The number of ether oxygens (including phenoxy) is 1. The fourth-order valence-corrected chi connectivity index (χ4v) is 2.58. The Labute approximate surface area is 162 Å². The highest BCUT2D eigenvalue weighted by molar-refractivity contribution is 6.30. The lowest BCUT2D eigenvalue weighted by molar-refractivity contribution is -0.131. The number of carbonyl (C=O) groups excluding carboxylic acids is 1. The monoisotopic (exact) mass is 385 g/mol. The van der Waals surface area contributed by atoms with Crippen molar-refractivity contribution >= 4 is 17.5 Å². The van der Waals surface area contributed by atoms with Gasteiger partial charge in [-0.05, 0) is 30.7 Å². The zero-order valence-electron chi connectivity index (χ0n) is 15.0. The first-order chi connectivity index (χ1) is 13.1. The third-order valence-electron chi connectivity index (χ3n) is 3.92. The Morgan fingerprint density at radius 1 is 1.15 bits per heavy atom. The summed E-state index contributed by atoms with van der Waals surface area (Å²) < 4.78 is 10.8. The maximum Gasteiger partial charge on any atom is 0.246 e. The molecule has 0 unspecified atom stereocenters. The molecule has 0 spiro atoms. The van der Waals surface area contributed by atoms with Gasteiger partial charge in [-0.15, -0.1) is 0 Å². The van der Waals surface area contributed by atoms with Crippen LogP contribution in [0.5, 0.6) is 5.75 Å². The Kier molecular flexibility index (Phi) is 6.44. The zero-order chi connectivity index (χ0) is 19.1. The summed E-state index contributed by atoms with van der Waals surface area (Å²) in [6.07, 6.45) is 0.995.